The van der Waals surface area contributed by atoms with E-state index < -0.39 is 5.41 Å². The molecule has 2 aliphatic rings. The van der Waals surface area contributed by atoms with Gasteiger partial charge in [0, 0.05) is 6.42 Å². The van der Waals surface area contributed by atoms with Crippen molar-refractivity contribution in [3.05, 3.63) is 0 Å². The molecule has 1 heterocycles. The summed E-state index contributed by atoms with van der Waals surface area (Å²) >= 11 is 0. The van der Waals surface area contributed by atoms with Crippen molar-refractivity contribution < 1.29 is 19.1 Å². The maximum atomic E-state index is 12.2. The molecule has 1 unspecified atom stereocenters. The van der Waals surface area contributed by atoms with Gasteiger partial charge in [-0.25, -0.2) is 0 Å². The second-order valence-corrected chi connectivity index (χ2v) is 5.38. The van der Waals surface area contributed by atoms with Crippen molar-refractivity contribution in [3.63, 3.8) is 0 Å². The van der Waals surface area contributed by atoms with E-state index in [2.05, 4.69) is 0 Å². The largest absolute Gasteiger partial charge is 0.465 e. The van der Waals surface area contributed by atoms with Crippen molar-refractivity contribution in [2.24, 2.45) is 11.3 Å². The van der Waals surface area contributed by atoms with Gasteiger partial charge in [-0.1, -0.05) is 25.7 Å². The molecule has 0 aromatic carbocycles. The van der Waals surface area contributed by atoms with Gasteiger partial charge in [0.15, 0.2) is 5.78 Å². The molecule has 0 amide bonds. The highest BCUT2D eigenvalue weighted by molar-refractivity contribution is 6.04. The highest BCUT2D eigenvalue weighted by Crippen LogP contribution is 2.39. The Balaban J connectivity index is 2.14. The zero-order chi connectivity index (χ0) is 13.0. The maximum Gasteiger partial charge on any atom is 0.322 e. The number of esters is 1. The van der Waals surface area contributed by atoms with Crippen LogP contribution in [0.15, 0.2) is 0 Å². The quantitative estimate of drug-likeness (QED) is 0.569. The van der Waals surface area contributed by atoms with E-state index in [-0.39, 0.29) is 18.4 Å². The number of carbonyl (C=O) groups is 2. The van der Waals surface area contributed by atoms with E-state index >= 15 is 0 Å². The number of Topliss-reactive ketones (excluding diaryl/α,β-unsaturated/α-hetero) is 1. The number of rotatable bonds is 4. The minimum absolute atomic E-state index is 0.0131. The van der Waals surface area contributed by atoms with Crippen LogP contribution in [0.5, 0.6) is 0 Å². The zero-order valence-electron chi connectivity index (χ0n) is 11.1. The van der Waals surface area contributed by atoms with Crippen LogP contribution in [-0.2, 0) is 19.1 Å². The van der Waals surface area contributed by atoms with E-state index in [4.69, 9.17) is 9.47 Å². The van der Waals surface area contributed by atoms with Gasteiger partial charge in [-0.05, 0) is 19.3 Å². The Kier molecular flexibility index (Phi) is 4.38. The highest BCUT2D eigenvalue weighted by atomic mass is 16.5. The molecule has 0 N–H and O–H groups in total. The SMILES string of the molecule is CCOC(=O)C1(CC2CCCC2)COCCC1=O. The lowest BCUT2D eigenvalue weighted by atomic mass is 9.74. The van der Waals surface area contributed by atoms with Crippen molar-refractivity contribution in [3.8, 4) is 0 Å². The number of ketones is 1. The van der Waals surface area contributed by atoms with Crippen LogP contribution < -0.4 is 0 Å². The van der Waals surface area contributed by atoms with E-state index in [0.717, 1.165) is 12.8 Å². The first-order valence-electron chi connectivity index (χ1n) is 6.97. The molecule has 4 nitrogen and oxygen atoms in total. The van der Waals surface area contributed by atoms with Gasteiger partial charge in [-0.3, -0.25) is 9.59 Å². The van der Waals surface area contributed by atoms with E-state index in [1.807, 2.05) is 0 Å². The van der Waals surface area contributed by atoms with Gasteiger partial charge >= 0.3 is 5.97 Å². The summed E-state index contributed by atoms with van der Waals surface area (Å²) in [5, 5.41) is 0. The molecule has 2 fully saturated rings. The highest BCUT2D eigenvalue weighted by Gasteiger charge is 2.50. The first kappa shape index (κ1) is 13.5. The molecule has 1 aliphatic heterocycles. The molecular formula is C14H22O4. The molecule has 0 spiro atoms. The first-order chi connectivity index (χ1) is 8.69. The van der Waals surface area contributed by atoms with Gasteiger partial charge < -0.3 is 9.47 Å². The van der Waals surface area contributed by atoms with Gasteiger partial charge in [0.25, 0.3) is 0 Å². The van der Waals surface area contributed by atoms with E-state index in [0.29, 0.717) is 32.0 Å². The molecule has 0 aromatic rings. The Hall–Kier alpha value is -0.900. The predicted molar refractivity (Wildman–Crippen MR) is 66.1 cm³/mol. The number of hydrogen-bond acceptors (Lipinski definition) is 4. The summed E-state index contributed by atoms with van der Waals surface area (Å²) in [4.78, 5) is 24.4. The lowest BCUT2D eigenvalue weighted by Gasteiger charge is -2.35. The van der Waals surface area contributed by atoms with E-state index in [1.54, 1.807) is 6.92 Å². The van der Waals surface area contributed by atoms with Crippen molar-refractivity contribution in [2.45, 2.75) is 45.4 Å². The third-order valence-electron chi connectivity index (χ3n) is 4.13. The smallest absolute Gasteiger partial charge is 0.322 e. The fourth-order valence-electron chi connectivity index (χ4n) is 3.14. The molecular weight excluding hydrogens is 232 g/mol. The zero-order valence-corrected chi connectivity index (χ0v) is 11.1. The summed E-state index contributed by atoms with van der Waals surface area (Å²) < 4.78 is 10.5. The van der Waals surface area contributed by atoms with E-state index in [1.165, 1.54) is 12.8 Å². The van der Waals surface area contributed by atoms with Gasteiger partial charge in [-0.15, -0.1) is 0 Å². The van der Waals surface area contributed by atoms with Crippen molar-refractivity contribution in [1.29, 1.82) is 0 Å². The third kappa shape index (κ3) is 2.58. The van der Waals surface area contributed by atoms with Crippen LogP contribution in [0.25, 0.3) is 0 Å². The van der Waals surface area contributed by atoms with Crippen LogP contribution in [0.3, 0.4) is 0 Å². The Morgan fingerprint density at radius 3 is 2.78 bits per heavy atom. The van der Waals surface area contributed by atoms with Gasteiger partial charge in [0.1, 0.15) is 5.41 Å². The third-order valence-corrected chi connectivity index (χ3v) is 4.13. The van der Waals surface area contributed by atoms with Crippen molar-refractivity contribution >= 4 is 11.8 Å². The molecule has 0 bridgehead atoms. The summed E-state index contributed by atoms with van der Waals surface area (Å²) in [6, 6.07) is 0. The summed E-state index contributed by atoms with van der Waals surface area (Å²) in [5.74, 6) is 0.112. The lowest BCUT2D eigenvalue weighted by Crippen LogP contribution is -2.49. The number of ether oxygens (including phenoxy) is 2. The summed E-state index contributed by atoms with van der Waals surface area (Å²) in [5.41, 5.74) is -1.01. The fourth-order valence-corrected chi connectivity index (χ4v) is 3.14. The Morgan fingerprint density at radius 1 is 1.44 bits per heavy atom. The minimum Gasteiger partial charge on any atom is -0.465 e. The molecule has 18 heavy (non-hydrogen) atoms. The van der Waals surface area contributed by atoms with Crippen LogP contribution in [0.4, 0.5) is 0 Å². The molecule has 1 saturated heterocycles. The topological polar surface area (TPSA) is 52.6 Å². The van der Waals surface area contributed by atoms with Crippen molar-refractivity contribution in [1.82, 2.24) is 0 Å². The summed E-state index contributed by atoms with van der Waals surface area (Å²) in [6.45, 7) is 2.74. The van der Waals surface area contributed by atoms with Crippen LogP contribution in [-0.4, -0.2) is 31.6 Å². The van der Waals surface area contributed by atoms with Gasteiger partial charge in [0.2, 0.25) is 0 Å². The van der Waals surface area contributed by atoms with Crippen LogP contribution in [0, 0.1) is 11.3 Å². The van der Waals surface area contributed by atoms with Crippen LogP contribution in [0.2, 0.25) is 0 Å². The average molecular weight is 254 g/mol. The molecule has 0 radical (unpaired) electrons. The molecule has 1 saturated carbocycles. The lowest BCUT2D eigenvalue weighted by molar-refractivity contribution is -0.170. The second-order valence-electron chi connectivity index (χ2n) is 5.38. The molecule has 1 aliphatic carbocycles. The Morgan fingerprint density at radius 2 is 2.17 bits per heavy atom. The minimum atomic E-state index is -1.01. The number of hydrogen-bond donors (Lipinski definition) is 0. The standard InChI is InChI=1S/C14H22O4/c1-2-18-13(16)14(9-11-5-3-4-6-11)10-17-8-7-12(14)15/h11H,2-10H2,1H3. The molecule has 4 heteroatoms. The van der Waals surface area contributed by atoms with Crippen molar-refractivity contribution in [2.75, 3.05) is 19.8 Å². The molecule has 1 atom stereocenters. The maximum absolute atomic E-state index is 12.2. The summed E-state index contributed by atoms with van der Waals surface area (Å²) in [7, 11) is 0. The van der Waals surface area contributed by atoms with Crippen LogP contribution in [0.1, 0.15) is 45.4 Å². The average Bonchev–Trinajstić information content (AvgIpc) is 2.85. The molecule has 0 aromatic heterocycles. The van der Waals surface area contributed by atoms with Gasteiger partial charge in [0.05, 0.1) is 19.8 Å². The molecule has 2 rings (SSSR count). The first-order valence-corrected chi connectivity index (χ1v) is 6.97. The Labute approximate surface area is 108 Å². The molecule has 102 valence electrons. The number of carbonyl (C=O) groups excluding carboxylic acids is 2. The second kappa shape index (κ2) is 5.83. The Bertz CT molecular complexity index is 320. The normalized spacial score (nSPS) is 29.5. The summed E-state index contributed by atoms with van der Waals surface area (Å²) in [6.07, 6.45) is 5.61. The van der Waals surface area contributed by atoms with E-state index in [9.17, 15) is 9.59 Å². The van der Waals surface area contributed by atoms with Gasteiger partial charge in [-0.2, -0.15) is 0 Å². The predicted octanol–water partition coefficient (Wildman–Crippen LogP) is 2.11. The van der Waals surface area contributed by atoms with Crippen LogP contribution >= 0.6 is 0 Å². The monoisotopic (exact) mass is 254 g/mol. The fraction of sp³-hybridized carbons (Fsp3) is 0.857.